The minimum absolute atomic E-state index is 0.101. The lowest BCUT2D eigenvalue weighted by Gasteiger charge is -2.27. The highest BCUT2D eigenvalue weighted by Crippen LogP contribution is 2.15. The molecule has 8 nitrogen and oxygen atoms in total. The molecular formula is C19H26ClN3O5. The molecule has 0 unspecified atom stereocenters. The topological polar surface area (TPSA) is 90.8 Å². The van der Waals surface area contributed by atoms with Crippen molar-refractivity contribution < 1.29 is 23.8 Å². The Kier molecular flexibility index (Phi) is 8.06. The molecule has 0 radical (unpaired) electrons. The summed E-state index contributed by atoms with van der Waals surface area (Å²) in [6, 6.07) is 1.46. The first-order chi connectivity index (χ1) is 12.8. The molecule has 0 aromatic carbocycles. The van der Waals surface area contributed by atoms with Gasteiger partial charge in [-0.2, -0.15) is 4.98 Å². The molecular weight excluding hydrogens is 386 g/mol. The van der Waals surface area contributed by atoms with Crippen molar-refractivity contribution in [1.29, 1.82) is 0 Å². The third-order valence-electron chi connectivity index (χ3n) is 2.63. The third-order valence-corrected chi connectivity index (χ3v) is 2.82. The molecule has 1 heterocycles. The Morgan fingerprint density at radius 2 is 1.61 bits per heavy atom. The number of carbonyl (C=O) groups is 2. The largest absolute Gasteiger partial charge is 0.478 e. The second-order valence-corrected chi connectivity index (χ2v) is 8.02. The number of ether oxygens (including phenoxy) is 3. The number of aromatic nitrogens is 2. The molecule has 0 saturated carbocycles. The summed E-state index contributed by atoms with van der Waals surface area (Å²) in [5.41, 5.74) is -1.57. The van der Waals surface area contributed by atoms with Crippen molar-refractivity contribution in [3.63, 3.8) is 0 Å². The van der Waals surface area contributed by atoms with Gasteiger partial charge in [-0.3, -0.25) is 0 Å². The van der Waals surface area contributed by atoms with Crippen LogP contribution in [0.5, 0.6) is 5.88 Å². The zero-order valence-corrected chi connectivity index (χ0v) is 18.0. The van der Waals surface area contributed by atoms with Crippen LogP contribution in [-0.4, -0.2) is 51.4 Å². The molecule has 0 N–H and O–H groups in total. The standard InChI is InChI=1S/C19H26ClN3O5/c1-8-26-15-12-13(20)21-14(22-15)10-9-11-23(16(24)27-18(2,3)4)17(25)28-19(5,6)7/h12H,8,11H2,1-7H3. The molecule has 1 aromatic rings. The SMILES string of the molecule is CCOc1cc(Cl)nc(C#CCN(C(=O)OC(C)(C)C)C(=O)OC(C)(C)C)n1. The van der Waals surface area contributed by atoms with Crippen molar-refractivity contribution in [2.45, 2.75) is 59.7 Å². The van der Waals surface area contributed by atoms with Crippen LogP contribution < -0.4 is 4.74 Å². The Morgan fingerprint density at radius 1 is 1.07 bits per heavy atom. The van der Waals surface area contributed by atoms with Gasteiger partial charge in [-0.05, 0) is 54.4 Å². The fourth-order valence-corrected chi connectivity index (χ4v) is 1.88. The van der Waals surface area contributed by atoms with E-state index in [1.54, 1.807) is 48.5 Å². The summed E-state index contributed by atoms with van der Waals surface area (Å²) in [5.74, 6) is 5.70. The van der Waals surface area contributed by atoms with Crippen LogP contribution in [0.25, 0.3) is 0 Å². The number of imide groups is 1. The molecule has 0 aliphatic heterocycles. The zero-order chi connectivity index (χ0) is 21.5. The Morgan fingerprint density at radius 3 is 2.07 bits per heavy atom. The Labute approximate surface area is 170 Å². The lowest BCUT2D eigenvalue weighted by Crippen LogP contribution is -2.43. The zero-order valence-electron chi connectivity index (χ0n) is 17.3. The summed E-state index contributed by atoms with van der Waals surface area (Å²) in [6.45, 7) is 12.1. The maximum Gasteiger partial charge on any atom is 0.420 e. The van der Waals surface area contributed by atoms with Gasteiger partial charge in [0.2, 0.25) is 11.7 Å². The number of hydrogen-bond donors (Lipinski definition) is 0. The van der Waals surface area contributed by atoms with Crippen molar-refractivity contribution >= 4 is 23.8 Å². The van der Waals surface area contributed by atoms with Gasteiger partial charge in [0.1, 0.15) is 16.4 Å². The number of halogens is 1. The van der Waals surface area contributed by atoms with Gasteiger partial charge in [-0.15, -0.1) is 0 Å². The highest BCUT2D eigenvalue weighted by molar-refractivity contribution is 6.29. The van der Waals surface area contributed by atoms with E-state index in [-0.39, 0.29) is 23.4 Å². The number of rotatable bonds is 3. The number of amides is 2. The Balaban J connectivity index is 3.03. The van der Waals surface area contributed by atoms with Gasteiger partial charge in [0.15, 0.2) is 0 Å². The van der Waals surface area contributed by atoms with Crippen molar-refractivity contribution in [3.8, 4) is 17.7 Å². The molecule has 1 rings (SSSR count). The third kappa shape index (κ3) is 8.91. The van der Waals surface area contributed by atoms with Crippen LogP contribution in [0.4, 0.5) is 9.59 Å². The lowest BCUT2D eigenvalue weighted by molar-refractivity contribution is 0.00412. The van der Waals surface area contributed by atoms with Crippen molar-refractivity contribution in [2.24, 2.45) is 0 Å². The van der Waals surface area contributed by atoms with E-state index in [1.165, 1.54) is 6.07 Å². The minimum Gasteiger partial charge on any atom is -0.478 e. The minimum atomic E-state index is -0.863. The molecule has 0 spiro atoms. The fraction of sp³-hybridized carbons (Fsp3) is 0.579. The molecule has 154 valence electrons. The average molecular weight is 412 g/mol. The van der Waals surface area contributed by atoms with Gasteiger partial charge >= 0.3 is 12.2 Å². The van der Waals surface area contributed by atoms with Crippen molar-refractivity contribution in [3.05, 3.63) is 17.0 Å². The smallest absolute Gasteiger partial charge is 0.420 e. The van der Waals surface area contributed by atoms with Gasteiger partial charge in [0.05, 0.1) is 13.2 Å². The fourth-order valence-electron chi connectivity index (χ4n) is 1.71. The highest BCUT2D eigenvalue weighted by Gasteiger charge is 2.30. The monoisotopic (exact) mass is 411 g/mol. The summed E-state index contributed by atoms with van der Waals surface area (Å²) < 4.78 is 15.8. The predicted octanol–water partition coefficient (Wildman–Crippen LogP) is 4.05. The van der Waals surface area contributed by atoms with Crippen LogP contribution in [0, 0.1) is 11.8 Å². The van der Waals surface area contributed by atoms with Gasteiger partial charge in [0, 0.05) is 6.07 Å². The van der Waals surface area contributed by atoms with Crippen LogP contribution in [-0.2, 0) is 9.47 Å². The maximum absolute atomic E-state index is 12.4. The molecule has 1 aromatic heterocycles. The quantitative estimate of drug-likeness (QED) is 0.547. The first-order valence-electron chi connectivity index (χ1n) is 8.70. The van der Waals surface area contributed by atoms with E-state index in [9.17, 15) is 9.59 Å². The van der Waals surface area contributed by atoms with E-state index in [2.05, 4.69) is 21.8 Å². The highest BCUT2D eigenvalue weighted by atomic mass is 35.5. The van der Waals surface area contributed by atoms with E-state index < -0.39 is 23.4 Å². The molecule has 0 atom stereocenters. The van der Waals surface area contributed by atoms with Crippen LogP contribution in [0.3, 0.4) is 0 Å². The molecule has 0 saturated heterocycles. The van der Waals surface area contributed by atoms with Crippen LogP contribution >= 0.6 is 11.6 Å². The summed E-state index contributed by atoms with van der Waals surface area (Å²) in [6.07, 6.45) is -1.73. The van der Waals surface area contributed by atoms with Gasteiger partial charge in [-0.1, -0.05) is 17.5 Å². The number of hydrogen-bond acceptors (Lipinski definition) is 7. The van der Waals surface area contributed by atoms with Crippen molar-refractivity contribution in [1.82, 2.24) is 14.9 Å². The van der Waals surface area contributed by atoms with Gasteiger partial charge < -0.3 is 14.2 Å². The van der Waals surface area contributed by atoms with Crippen LogP contribution in [0.15, 0.2) is 6.07 Å². The Bertz CT molecular complexity index is 744. The first-order valence-corrected chi connectivity index (χ1v) is 9.08. The molecule has 2 amide bonds. The molecule has 0 bridgehead atoms. The normalized spacial score (nSPS) is 11.1. The molecule has 28 heavy (non-hydrogen) atoms. The van der Waals surface area contributed by atoms with E-state index >= 15 is 0 Å². The number of nitrogens with zero attached hydrogens (tertiary/aromatic N) is 3. The molecule has 0 aliphatic carbocycles. The Hall–Kier alpha value is -2.53. The summed E-state index contributed by atoms with van der Waals surface area (Å²) in [5, 5.41) is 0.166. The average Bonchev–Trinajstić information content (AvgIpc) is 2.47. The van der Waals surface area contributed by atoms with Crippen LogP contribution in [0.1, 0.15) is 54.3 Å². The van der Waals surface area contributed by atoms with E-state index in [0.717, 1.165) is 4.90 Å². The predicted molar refractivity (Wildman–Crippen MR) is 104 cm³/mol. The van der Waals surface area contributed by atoms with Crippen LogP contribution in [0.2, 0.25) is 5.15 Å². The maximum atomic E-state index is 12.4. The molecule has 0 fully saturated rings. The number of carbonyl (C=O) groups excluding carboxylic acids is 2. The van der Waals surface area contributed by atoms with E-state index in [0.29, 0.717) is 6.61 Å². The summed E-state index contributed by atoms with van der Waals surface area (Å²) in [4.78, 5) is 33.6. The summed E-state index contributed by atoms with van der Waals surface area (Å²) in [7, 11) is 0. The molecule has 0 aliphatic rings. The van der Waals surface area contributed by atoms with E-state index in [4.69, 9.17) is 25.8 Å². The van der Waals surface area contributed by atoms with Gasteiger partial charge in [0.25, 0.3) is 0 Å². The second kappa shape index (κ2) is 9.60. The summed E-state index contributed by atoms with van der Waals surface area (Å²) >= 11 is 5.92. The molecule has 9 heteroatoms. The first kappa shape index (κ1) is 23.5. The van der Waals surface area contributed by atoms with E-state index in [1.807, 2.05) is 0 Å². The van der Waals surface area contributed by atoms with Gasteiger partial charge in [-0.25, -0.2) is 19.5 Å². The second-order valence-electron chi connectivity index (χ2n) is 7.63. The van der Waals surface area contributed by atoms with Crippen molar-refractivity contribution in [2.75, 3.05) is 13.2 Å². The lowest BCUT2D eigenvalue weighted by atomic mass is 10.2.